The highest BCUT2D eigenvalue weighted by atomic mass is 35.5. The summed E-state index contributed by atoms with van der Waals surface area (Å²) >= 11 is 12.0. The van der Waals surface area contributed by atoms with Crippen LogP contribution >= 0.6 is 23.2 Å². The number of aliphatic hydroxyl groups is 1. The fraction of sp³-hybridized carbons (Fsp3) is 0.278. The topological polar surface area (TPSA) is 79.5 Å². The summed E-state index contributed by atoms with van der Waals surface area (Å²) in [6, 6.07) is 6.72. The van der Waals surface area contributed by atoms with Crippen LogP contribution in [0.2, 0.25) is 10.0 Å². The van der Waals surface area contributed by atoms with Crippen LogP contribution in [0.4, 0.5) is 0 Å². The van der Waals surface area contributed by atoms with Crippen molar-refractivity contribution in [1.82, 2.24) is 19.9 Å². The van der Waals surface area contributed by atoms with Gasteiger partial charge in [-0.15, -0.1) is 0 Å². The molecule has 2 aromatic heterocycles. The van der Waals surface area contributed by atoms with Crippen molar-refractivity contribution in [2.45, 2.75) is 26.9 Å². The van der Waals surface area contributed by atoms with Gasteiger partial charge in [0.2, 0.25) is 0 Å². The van der Waals surface area contributed by atoms with Crippen molar-refractivity contribution in [3.05, 3.63) is 62.5 Å². The molecule has 0 radical (unpaired) electrons. The Bertz CT molecular complexity index is 1000. The number of carbonyl (C=O) groups excluding carboxylic acids is 1. The van der Waals surface area contributed by atoms with Gasteiger partial charge in [0.05, 0.1) is 11.8 Å². The second kappa shape index (κ2) is 7.23. The molecule has 3 rings (SSSR count). The lowest BCUT2D eigenvalue weighted by atomic mass is 10.1. The molecule has 26 heavy (non-hydrogen) atoms. The van der Waals surface area contributed by atoms with Crippen LogP contribution in [0.1, 0.15) is 39.1 Å². The summed E-state index contributed by atoms with van der Waals surface area (Å²) in [7, 11) is 0. The minimum atomic E-state index is -0.956. The highest BCUT2D eigenvalue weighted by Crippen LogP contribution is 2.26. The Morgan fingerprint density at radius 3 is 2.69 bits per heavy atom. The van der Waals surface area contributed by atoms with Crippen LogP contribution in [0.15, 0.2) is 24.3 Å². The Morgan fingerprint density at radius 2 is 2.00 bits per heavy atom. The van der Waals surface area contributed by atoms with Gasteiger partial charge in [-0.3, -0.25) is 4.79 Å². The Morgan fingerprint density at radius 1 is 1.27 bits per heavy atom. The Kier molecular flexibility index (Phi) is 5.18. The molecule has 0 aliphatic rings. The van der Waals surface area contributed by atoms with Gasteiger partial charge in [-0.25, -0.2) is 9.50 Å². The fourth-order valence-electron chi connectivity index (χ4n) is 2.85. The maximum Gasteiger partial charge on any atom is 0.257 e. The zero-order chi connectivity index (χ0) is 19.0. The normalized spacial score (nSPS) is 12.4. The summed E-state index contributed by atoms with van der Waals surface area (Å²) in [4.78, 5) is 17.1. The molecule has 0 aliphatic heterocycles. The van der Waals surface area contributed by atoms with E-state index in [-0.39, 0.29) is 12.5 Å². The third-order valence-corrected chi connectivity index (χ3v) is 4.64. The monoisotopic (exact) mass is 392 g/mol. The molecule has 8 heteroatoms. The van der Waals surface area contributed by atoms with Crippen molar-refractivity contribution in [2.24, 2.45) is 0 Å². The second-order valence-corrected chi connectivity index (χ2v) is 6.97. The number of aryl methyl sites for hydroxylation is 3. The summed E-state index contributed by atoms with van der Waals surface area (Å²) in [5.41, 5.74) is 3.66. The fourth-order valence-corrected chi connectivity index (χ4v) is 3.39. The SMILES string of the molecule is Cc1cc(C)n2nc(C)c(C(=O)NCC(O)c3ccc(Cl)cc3Cl)c2n1. The molecule has 1 aromatic carbocycles. The third kappa shape index (κ3) is 3.53. The number of halogens is 2. The van der Waals surface area contributed by atoms with E-state index in [1.165, 1.54) is 0 Å². The maximum absolute atomic E-state index is 12.7. The van der Waals surface area contributed by atoms with Crippen LogP contribution in [-0.4, -0.2) is 32.2 Å². The van der Waals surface area contributed by atoms with Crippen LogP contribution in [0.25, 0.3) is 5.65 Å². The molecule has 0 bridgehead atoms. The van der Waals surface area contributed by atoms with E-state index in [0.29, 0.717) is 32.5 Å². The average molecular weight is 393 g/mol. The number of carbonyl (C=O) groups is 1. The molecule has 0 aliphatic carbocycles. The van der Waals surface area contributed by atoms with Crippen LogP contribution < -0.4 is 5.32 Å². The number of fused-ring (bicyclic) bond motifs is 1. The summed E-state index contributed by atoms with van der Waals surface area (Å²) in [6.45, 7) is 5.53. The van der Waals surface area contributed by atoms with Crippen molar-refractivity contribution in [3.8, 4) is 0 Å². The number of amides is 1. The van der Waals surface area contributed by atoms with E-state index in [2.05, 4.69) is 15.4 Å². The van der Waals surface area contributed by atoms with Gasteiger partial charge in [0, 0.05) is 33.5 Å². The van der Waals surface area contributed by atoms with E-state index in [1.807, 2.05) is 19.9 Å². The first-order chi connectivity index (χ1) is 12.3. The number of nitrogens with one attached hydrogen (secondary N) is 1. The van der Waals surface area contributed by atoms with Crippen molar-refractivity contribution in [3.63, 3.8) is 0 Å². The van der Waals surface area contributed by atoms with Gasteiger partial charge in [0.15, 0.2) is 5.65 Å². The van der Waals surface area contributed by atoms with Gasteiger partial charge >= 0.3 is 0 Å². The van der Waals surface area contributed by atoms with Crippen molar-refractivity contribution in [2.75, 3.05) is 6.54 Å². The van der Waals surface area contributed by atoms with E-state index < -0.39 is 6.10 Å². The van der Waals surface area contributed by atoms with Gasteiger partial charge in [0.25, 0.3) is 5.91 Å². The molecule has 0 spiro atoms. The number of hydrogen-bond acceptors (Lipinski definition) is 4. The first-order valence-corrected chi connectivity index (χ1v) is 8.78. The largest absolute Gasteiger partial charge is 0.387 e. The number of benzene rings is 1. The molecule has 2 heterocycles. The summed E-state index contributed by atoms with van der Waals surface area (Å²) in [5, 5.41) is 18.3. The number of aliphatic hydroxyl groups excluding tert-OH is 1. The molecule has 6 nitrogen and oxygen atoms in total. The van der Waals surface area contributed by atoms with Crippen molar-refractivity contribution in [1.29, 1.82) is 0 Å². The quantitative estimate of drug-likeness (QED) is 0.712. The Balaban J connectivity index is 1.82. The molecular formula is C18H18Cl2N4O2. The van der Waals surface area contributed by atoms with E-state index in [1.54, 1.807) is 29.6 Å². The molecule has 1 unspecified atom stereocenters. The predicted molar refractivity (Wildman–Crippen MR) is 101 cm³/mol. The lowest BCUT2D eigenvalue weighted by Crippen LogP contribution is -2.29. The number of hydrogen-bond donors (Lipinski definition) is 2. The lowest BCUT2D eigenvalue weighted by Gasteiger charge is -2.14. The molecule has 136 valence electrons. The van der Waals surface area contributed by atoms with E-state index in [0.717, 1.165) is 11.4 Å². The van der Waals surface area contributed by atoms with Crippen LogP contribution in [0.3, 0.4) is 0 Å². The van der Waals surface area contributed by atoms with Crippen LogP contribution in [-0.2, 0) is 0 Å². The number of nitrogens with zero attached hydrogens (tertiary/aromatic N) is 3. The second-order valence-electron chi connectivity index (χ2n) is 6.13. The van der Waals surface area contributed by atoms with E-state index >= 15 is 0 Å². The van der Waals surface area contributed by atoms with Crippen molar-refractivity contribution < 1.29 is 9.90 Å². The minimum absolute atomic E-state index is 0.00175. The zero-order valence-electron chi connectivity index (χ0n) is 14.5. The molecule has 1 atom stereocenters. The standard InChI is InChI=1S/C18H18Cl2N4O2/c1-9-6-10(2)24-17(22-9)16(11(3)23-24)18(26)21-8-15(25)13-5-4-12(19)7-14(13)20/h4-7,15,25H,8H2,1-3H3,(H,21,26). The molecular weight excluding hydrogens is 375 g/mol. The molecule has 0 fully saturated rings. The number of aromatic nitrogens is 3. The lowest BCUT2D eigenvalue weighted by molar-refractivity contribution is 0.0917. The minimum Gasteiger partial charge on any atom is -0.387 e. The van der Waals surface area contributed by atoms with Gasteiger partial charge < -0.3 is 10.4 Å². The van der Waals surface area contributed by atoms with E-state index in [4.69, 9.17) is 23.2 Å². The van der Waals surface area contributed by atoms with E-state index in [9.17, 15) is 9.90 Å². The molecule has 1 amide bonds. The zero-order valence-corrected chi connectivity index (χ0v) is 16.1. The summed E-state index contributed by atoms with van der Waals surface area (Å²) in [6.07, 6.45) is -0.956. The average Bonchev–Trinajstić information content (AvgIpc) is 2.89. The summed E-state index contributed by atoms with van der Waals surface area (Å²) < 4.78 is 1.64. The highest BCUT2D eigenvalue weighted by molar-refractivity contribution is 6.35. The Hall–Kier alpha value is -2.15. The van der Waals surface area contributed by atoms with Crippen LogP contribution in [0, 0.1) is 20.8 Å². The Labute approximate surface area is 160 Å². The molecule has 0 saturated heterocycles. The van der Waals surface area contributed by atoms with Gasteiger partial charge in [0.1, 0.15) is 5.56 Å². The maximum atomic E-state index is 12.7. The number of rotatable bonds is 4. The molecule has 0 saturated carbocycles. The van der Waals surface area contributed by atoms with Crippen molar-refractivity contribution >= 4 is 34.8 Å². The molecule has 3 aromatic rings. The van der Waals surface area contributed by atoms with Crippen LogP contribution in [0.5, 0.6) is 0 Å². The third-order valence-electron chi connectivity index (χ3n) is 4.07. The van der Waals surface area contributed by atoms with Gasteiger partial charge in [-0.2, -0.15) is 5.10 Å². The smallest absolute Gasteiger partial charge is 0.257 e. The van der Waals surface area contributed by atoms with Gasteiger partial charge in [-0.05, 0) is 39.0 Å². The molecule has 2 N–H and O–H groups in total. The van der Waals surface area contributed by atoms with Gasteiger partial charge in [-0.1, -0.05) is 29.3 Å². The summed E-state index contributed by atoms with van der Waals surface area (Å²) in [5.74, 6) is -0.348. The first kappa shape index (κ1) is 18.6. The first-order valence-electron chi connectivity index (χ1n) is 8.02. The predicted octanol–water partition coefficient (Wildman–Crippen LogP) is 3.42. The highest BCUT2D eigenvalue weighted by Gasteiger charge is 2.21.